The molecule has 0 radical (unpaired) electrons. The molecule has 10 heteroatoms. The van der Waals surface area contributed by atoms with Crippen molar-refractivity contribution in [3.63, 3.8) is 0 Å². The molecule has 0 saturated heterocycles. The number of hydrogen-bond acceptors (Lipinski definition) is 4. The number of aliphatic imine (C=N–C) groups is 1. The normalized spacial score (nSPS) is 14.2. The third-order valence-electron chi connectivity index (χ3n) is 5.91. The fourth-order valence-electron chi connectivity index (χ4n) is 3.40. The number of nitrogens with two attached hydrogens (primary N) is 1. The van der Waals surface area contributed by atoms with Gasteiger partial charge in [-0.3, -0.25) is 4.79 Å². The monoisotopic (exact) mass is 586 g/mol. The van der Waals surface area contributed by atoms with Crippen LogP contribution in [0.3, 0.4) is 0 Å². The predicted molar refractivity (Wildman–Crippen MR) is 163 cm³/mol. The van der Waals surface area contributed by atoms with Crippen LogP contribution in [0.25, 0.3) is 0 Å². The van der Waals surface area contributed by atoms with Crippen LogP contribution in [0.5, 0.6) is 0 Å². The van der Waals surface area contributed by atoms with Gasteiger partial charge < -0.3 is 16.2 Å². The van der Waals surface area contributed by atoms with Crippen molar-refractivity contribution in [2.45, 2.75) is 64.9 Å². The van der Waals surface area contributed by atoms with Crippen molar-refractivity contribution in [2.75, 3.05) is 6.54 Å². The second kappa shape index (κ2) is 13.4. The average molecular weight is 587 g/mol. The quantitative estimate of drug-likeness (QED) is 0.199. The van der Waals surface area contributed by atoms with Crippen LogP contribution >= 0.6 is 11.6 Å². The summed E-state index contributed by atoms with van der Waals surface area (Å²) in [6, 6.07) is 12.9. The Hall–Kier alpha value is -3.27. The molecule has 0 saturated carbocycles. The lowest BCUT2D eigenvalue weighted by atomic mass is 9.86. The number of guanidine groups is 1. The largest absolute Gasteiger partial charge is 0.387 e. The molecule has 8 nitrogen and oxygen atoms in total. The zero-order chi connectivity index (χ0) is 30.3. The highest BCUT2D eigenvalue weighted by Gasteiger charge is 2.22. The van der Waals surface area contributed by atoms with E-state index in [9.17, 15) is 18.3 Å². The molecule has 0 aliphatic heterocycles. The van der Waals surface area contributed by atoms with Crippen LogP contribution in [0.4, 0.5) is 0 Å². The molecule has 0 fully saturated rings. The van der Waals surface area contributed by atoms with Crippen LogP contribution in [0.2, 0.25) is 0 Å². The molecule has 0 aliphatic carbocycles. The van der Waals surface area contributed by atoms with E-state index in [0.29, 0.717) is 5.56 Å². The van der Waals surface area contributed by atoms with Gasteiger partial charge in [0.1, 0.15) is 5.17 Å². The van der Waals surface area contributed by atoms with Crippen LogP contribution in [0.15, 0.2) is 86.6 Å². The highest BCUT2D eigenvalue weighted by atomic mass is 35.5. The number of amides is 1. The van der Waals surface area contributed by atoms with Gasteiger partial charge in [0.25, 0.3) is 15.9 Å². The zero-order valence-corrected chi connectivity index (χ0v) is 25.6. The lowest BCUT2D eigenvalue weighted by molar-refractivity contribution is 0.0916. The van der Waals surface area contributed by atoms with Crippen molar-refractivity contribution in [3.8, 4) is 0 Å². The van der Waals surface area contributed by atoms with Gasteiger partial charge in [-0.25, -0.2) is 4.99 Å². The number of benzene rings is 2. The Morgan fingerprint density at radius 2 is 1.73 bits per heavy atom. The maximum atomic E-state index is 12.9. The summed E-state index contributed by atoms with van der Waals surface area (Å²) >= 11 is 6.31. The predicted octanol–water partition coefficient (Wildman–Crippen LogP) is 5.64. The summed E-state index contributed by atoms with van der Waals surface area (Å²) in [6.07, 6.45) is 4.61. The summed E-state index contributed by atoms with van der Waals surface area (Å²) in [6.45, 7) is 13.8. The number of nitrogens with one attached hydrogen (secondary N) is 1. The van der Waals surface area contributed by atoms with E-state index in [1.54, 1.807) is 13.8 Å². The first-order chi connectivity index (χ1) is 18.4. The summed E-state index contributed by atoms with van der Waals surface area (Å²) in [4.78, 5) is 16.4. The molecule has 1 unspecified atom stereocenters. The molecule has 216 valence electrons. The summed E-state index contributed by atoms with van der Waals surface area (Å²) < 4.78 is 29.3. The first-order valence-electron chi connectivity index (χ1n) is 12.8. The van der Waals surface area contributed by atoms with E-state index in [4.69, 9.17) is 17.3 Å². The van der Waals surface area contributed by atoms with Gasteiger partial charge >= 0.3 is 0 Å². The molecule has 1 amide bonds. The van der Waals surface area contributed by atoms with Crippen LogP contribution in [-0.2, 0) is 15.4 Å². The number of allylic oxidation sites excluding steroid dienone is 4. The number of rotatable bonds is 9. The molecule has 0 heterocycles. The SMILES string of the molecule is CC(C)=C/C=C\C(C)(C)C(Cl)=NC(N)=NS(=O)(=O)c1cccc(C(=O)NCC(O)c2ccc(C(C)(C)C)cc2)c1. The summed E-state index contributed by atoms with van der Waals surface area (Å²) in [7, 11) is -4.28. The Kier molecular flexibility index (Phi) is 11.0. The van der Waals surface area contributed by atoms with Gasteiger partial charge in [0.2, 0.25) is 5.96 Å². The number of sulfonamides is 1. The van der Waals surface area contributed by atoms with Crippen molar-refractivity contribution >= 4 is 38.7 Å². The second-order valence-electron chi connectivity index (χ2n) is 11.3. The van der Waals surface area contributed by atoms with Crippen molar-refractivity contribution in [1.29, 1.82) is 0 Å². The van der Waals surface area contributed by atoms with E-state index in [2.05, 4.69) is 35.5 Å². The Morgan fingerprint density at radius 1 is 1.10 bits per heavy atom. The van der Waals surface area contributed by atoms with Crippen molar-refractivity contribution in [1.82, 2.24) is 5.32 Å². The maximum Gasteiger partial charge on any atom is 0.285 e. The molecule has 2 aromatic carbocycles. The Bertz CT molecular complexity index is 1430. The van der Waals surface area contributed by atoms with Gasteiger partial charge in [0.05, 0.1) is 11.0 Å². The van der Waals surface area contributed by atoms with E-state index in [0.717, 1.165) is 11.1 Å². The van der Waals surface area contributed by atoms with E-state index in [1.165, 1.54) is 24.3 Å². The molecule has 1 atom stereocenters. The van der Waals surface area contributed by atoms with E-state index in [-0.39, 0.29) is 27.6 Å². The molecule has 4 N–H and O–H groups in total. The van der Waals surface area contributed by atoms with Gasteiger partial charge in [-0.1, -0.05) is 86.5 Å². The van der Waals surface area contributed by atoms with Crippen LogP contribution in [0.1, 0.15) is 76.1 Å². The number of hydrogen-bond donors (Lipinski definition) is 3. The van der Waals surface area contributed by atoms with Gasteiger partial charge in [0.15, 0.2) is 0 Å². The minimum Gasteiger partial charge on any atom is -0.387 e. The zero-order valence-electron chi connectivity index (χ0n) is 24.1. The summed E-state index contributed by atoms with van der Waals surface area (Å²) in [5.74, 6) is -1.09. The Balaban J connectivity index is 2.15. The van der Waals surface area contributed by atoms with Crippen LogP contribution in [-0.4, -0.2) is 37.1 Å². The third-order valence-corrected chi connectivity index (χ3v) is 7.76. The number of aliphatic hydroxyl groups is 1. The number of halogens is 1. The van der Waals surface area contributed by atoms with E-state index in [1.807, 2.05) is 56.3 Å². The fourth-order valence-corrected chi connectivity index (χ4v) is 4.47. The lowest BCUT2D eigenvalue weighted by Crippen LogP contribution is -2.28. The first-order valence-corrected chi connectivity index (χ1v) is 14.6. The van der Waals surface area contributed by atoms with Gasteiger partial charge in [-0.05, 0) is 62.4 Å². The molecule has 0 aromatic heterocycles. The number of nitrogens with zero attached hydrogens (tertiary/aromatic N) is 2. The smallest absolute Gasteiger partial charge is 0.285 e. The van der Waals surface area contributed by atoms with E-state index >= 15 is 0 Å². The maximum absolute atomic E-state index is 12.9. The molecule has 2 rings (SSSR count). The fraction of sp³-hybridized carbons (Fsp3) is 0.367. The Labute approximate surface area is 242 Å². The van der Waals surface area contributed by atoms with Gasteiger partial charge in [-0.2, -0.15) is 8.42 Å². The van der Waals surface area contributed by atoms with Crippen LogP contribution in [0, 0.1) is 5.41 Å². The van der Waals surface area contributed by atoms with Crippen molar-refractivity contribution < 1.29 is 18.3 Å². The number of carbonyl (C=O) groups is 1. The molecule has 0 spiro atoms. The number of aliphatic hydroxyl groups excluding tert-OH is 1. The molecular formula is C30H39ClN4O4S. The highest BCUT2D eigenvalue weighted by molar-refractivity contribution is 7.90. The van der Waals surface area contributed by atoms with Gasteiger partial charge in [0, 0.05) is 17.5 Å². The molecule has 2 aromatic rings. The minimum atomic E-state index is -4.28. The lowest BCUT2D eigenvalue weighted by Gasteiger charge is -2.20. The molecule has 0 aliphatic rings. The Morgan fingerprint density at radius 3 is 2.30 bits per heavy atom. The second-order valence-corrected chi connectivity index (χ2v) is 13.2. The summed E-state index contributed by atoms with van der Waals surface area (Å²) in [5.41, 5.74) is 8.03. The topological polar surface area (TPSA) is 134 Å². The van der Waals surface area contributed by atoms with Crippen LogP contribution < -0.4 is 11.1 Å². The molecule has 40 heavy (non-hydrogen) atoms. The first kappa shape index (κ1) is 32.9. The third kappa shape index (κ3) is 9.73. The van der Waals surface area contributed by atoms with Gasteiger partial charge in [-0.15, -0.1) is 4.40 Å². The molecule has 0 bridgehead atoms. The standard InChI is InChI=1S/C30H39ClN4O4S/c1-20(2)10-9-17-30(6,7)27(31)34-28(32)35-40(38,39)24-12-8-11-22(18-24)26(37)33-19-25(36)21-13-15-23(16-14-21)29(3,4)5/h8-18,25,36H,19H2,1-7H3,(H2,32,35)(H,33,37)/b17-9-,34-27?. The summed E-state index contributed by atoms with van der Waals surface area (Å²) in [5, 5.41) is 13.2. The van der Waals surface area contributed by atoms with Crippen molar-refractivity contribution in [2.24, 2.45) is 20.5 Å². The number of carbonyl (C=O) groups excluding carboxylic acids is 1. The van der Waals surface area contributed by atoms with Crippen molar-refractivity contribution in [3.05, 3.63) is 89.0 Å². The average Bonchev–Trinajstić information content (AvgIpc) is 2.86. The minimum absolute atomic E-state index is 0.0182. The highest BCUT2D eigenvalue weighted by Crippen LogP contribution is 2.25. The van der Waals surface area contributed by atoms with E-state index < -0.39 is 33.4 Å². The molecular weight excluding hydrogens is 548 g/mol.